The van der Waals surface area contributed by atoms with Gasteiger partial charge < -0.3 is 15.0 Å². The van der Waals surface area contributed by atoms with Crippen molar-refractivity contribution in [3.63, 3.8) is 0 Å². The van der Waals surface area contributed by atoms with Gasteiger partial charge in [-0.05, 0) is 42.3 Å². The first kappa shape index (κ1) is 16.3. The molecule has 24 heavy (non-hydrogen) atoms. The first-order chi connectivity index (χ1) is 11.4. The van der Waals surface area contributed by atoms with Crippen LogP contribution in [0.5, 0.6) is 5.75 Å². The molecule has 0 atom stereocenters. The monoisotopic (exact) mass is 344 g/mol. The van der Waals surface area contributed by atoms with Crippen molar-refractivity contribution in [2.75, 3.05) is 23.9 Å². The quantitative estimate of drug-likeness (QED) is 0.930. The molecule has 3 rings (SSSR count). The standard InChI is InChI=1S/C18H17ClN2O3/c1-11-3-5-13(19)9-14(11)20-17(22)8-12-4-6-16-15(7-12)21(2)18(23)10-24-16/h3-7,9H,8,10H2,1-2H3,(H,20,22). The summed E-state index contributed by atoms with van der Waals surface area (Å²) in [5.74, 6) is 0.386. The maximum Gasteiger partial charge on any atom is 0.264 e. The number of ether oxygens (including phenoxy) is 1. The molecule has 0 saturated heterocycles. The van der Waals surface area contributed by atoms with E-state index in [9.17, 15) is 9.59 Å². The van der Waals surface area contributed by atoms with Gasteiger partial charge in [0.15, 0.2) is 6.61 Å². The maximum absolute atomic E-state index is 12.3. The van der Waals surface area contributed by atoms with Crippen LogP contribution in [-0.4, -0.2) is 25.5 Å². The second-order valence-corrected chi connectivity index (χ2v) is 6.16. The van der Waals surface area contributed by atoms with Crippen LogP contribution in [-0.2, 0) is 16.0 Å². The van der Waals surface area contributed by atoms with E-state index in [-0.39, 0.29) is 24.8 Å². The van der Waals surface area contributed by atoms with Crippen molar-refractivity contribution < 1.29 is 14.3 Å². The Balaban J connectivity index is 1.75. The van der Waals surface area contributed by atoms with Gasteiger partial charge >= 0.3 is 0 Å². The second-order valence-electron chi connectivity index (χ2n) is 5.73. The van der Waals surface area contributed by atoms with Crippen molar-refractivity contribution in [1.82, 2.24) is 0 Å². The Kier molecular flexibility index (Phi) is 4.44. The molecule has 1 N–H and O–H groups in total. The summed E-state index contributed by atoms with van der Waals surface area (Å²) in [5, 5.41) is 3.44. The second kappa shape index (κ2) is 6.53. The summed E-state index contributed by atoms with van der Waals surface area (Å²) >= 11 is 5.97. The average Bonchev–Trinajstić information content (AvgIpc) is 2.55. The van der Waals surface area contributed by atoms with E-state index in [1.165, 1.54) is 0 Å². The molecule has 0 bridgehead atoms. The molecule has 124 valence electrons. The number of aryl methyl sites for hydroxylation is 1. The van der Waals surface area contributed by atoms with Crippen LogP contribution in [0.15, 0.2) is 36.4 Å². The molecular formula is C18H17ClN2O3. The third kappa shape index (κ3) is 3.36. The van der Waals surface area contributed by atoms with Crippen molar-refractivity contribution in [2.45, 2.75) is 13.3 Å². The summed E-state index contributed by atoms with van der Waals surface area (Å²) in [5.41, 5.74) is 3.12. The third-order valence-corrected chi connectivity index (χ3v) is 4.18. The molecule has 0 fully saturated rings. The molecule has 0 unspecified atom stereocenters. The van der Waals surface area contributed by atoms with Crippen LogP contribution < -0.4 is 15.0 Å². The van der Waals surface area contributed by atoms with Crippen LogP contribution in [0.2, 0.25) is 5.02 Å². The van der Waals surface area contributed by atoms with E-state index in [1.54, 1.807) is 36.2 Å². The molecule has 2 amide bonds. The topological polar surface area (TPSA) is 58.6 Å². The Morgan fingerprint density at radius 3 is 2.88 bits per heavy atom. The minimum absolute atomic E-state index is 0.0391. The first-order valence-electron chi connectivity index (χ1n) is 7.52. The SMILES string of the molecule is Cc1ccc(Cl)cc1NC(=O)Cc1ccc2c(c1)N(C)C(=O)CO2. The van der Waals surface area contributed by atoms with E-state index >= 15 is 0 Å². The van der Waals surface area contributed by atoms with Gasteiger partial charge in [-0.3, -0.25) is 9.59 Å². The highest BCUT2D eigenvalue weighted by atomic mass is 35.5. The van der Waals surface area contributed by atoms with Crippen LogP contribution in [0.25, 0.3) is 0 Å². The van der Waals surface area contributed by atoms with Crippen LogP contribution in [0.1, 0.15) is 11.1 Å². The number of halogens is 1. The zero-order chi connectivity index (χ0) is 17.3. The third-order valence-electron chi connectivity index (χ3n) is 3.95. The fraction of sp³-hybridized carbons (Fsp3) is 0.222. The van der Waals surface area contributed by atoms with Crippen LogP contribution >= 0.6 is 11.6 Å². The number of fused-ring (bicyclic) bond motifs is 1. The Morgan fingerprint density at radius 1 is 1.29 bits per heavy atom. The molecule has 1 aliphatic rings. The number of carbonyl (C=O) groups is 2. The Morgan fingerprint density at radius 2 is 2.08 bits per heavy atom. The van der Waals surface area contributed by atoms with E-state index in [0.29, 0.717) is 22.1 Å². The fourth-order valence-corrected chi connectivity index (χ4v) is 2.71. The molecule has 1 aliphatic heterocycles. The Labute approximate surface area is 145 Å². The molecule has 0 spiro atoms. The summed E-state index contributed by atoms with van der Waals surface area (Å²) in [6.45, 7) is 1.94. The molecule has 1 heterocycles. The zero-order valence-corrected chi connectivity index (χ0v) is 14.2. The number of hydrogen-bond donors (Lipinski definition) is 1. The van der Waals surface area contributed by atoms with Gasteiger partial charge in [0.2, 0.25) is 5.91 Å². The number of hydrogen-bond acceptors (Lipinski definition) is 3. The summed E-state index contributed by atoms with van der Waals surface area (Å²) in [7, 11) is 1.70. The minimum atomic E-state index is -0.147. The highest BCUT2D eigenvalue weighted by Crippen LogP contribution is 2.32. The number of likely N-dealkylation sites (N-methyl/N-ethyl adjacent to an activating group) is 1. The predicted molar refractivity (Wildman–Crippen MR) is 93.9 cm³/mol. The van der Waals surface area contributed by atoms with Gasteiger partial charge in [-0.15, -0.1) is 0 Å². The van der Waals surface area contributed by atoms with Gasteiger partial charge in [-0.1, -0.05) is 23.7 Å². The summed E-state index contributed by atoms with van der Waals surface area (Å²) < 4.78 is 5.38. The zero-order valence-electron chi connectivity index (χ0n) is 13.4. The molecule has 0 saturated carbocycles. The van der Waals surface area contributed by atoms with E-state index < -0.39 is 0 Å². The number of rotatable bonds is 3. The maximum atomic E-state index is 12.3. The Bertz CT molecular complexity index is 820. The van der Waals surface area contributed by atoms with Crippen LogP contribution in [0, 0.1) is 6.92 Å². The number of carbonyl (C=O) groups excluding carboxylic acids is 2. The van der Waals surface area contributed by atoms with E-state index in [0.717, 1.165) is 11.1 Å². The lowest BCUT2D eigenvalue weighted by Gasteiger charge is -2.26. The van der Waals surface area contributed by atoms with Crippen LogP contribution in [0.4, 0.5) is 11.4 Å². The number of nitrogens with zero attached hydrogens (tertiary/aromatic N) is 1. The average molecular weight is 345 g/mol. The van der Waals surface area contributed by atoms with Gasteiger partial charge in [-0.25, -0.2) is 0 Å². The summed E-state index contributed by atoms with van der Waals surface area (Å²) in [6, 6.07) is 10.8. The molecule has 2 aromatic carbocycles. The van der Waals surface area contributed by atoms with Gasteiger partial charge in [-0.2, -0.15) is 0 Å². The number of anilines is 2. The van der Waals surface area contributed by atoms with Gasteiger partial charge in [0.25, 0.3) is 5.91 Å². The van der Waals surface area contributed by atoms with Crippen molar-refractivity contribution >= 4 is 34.8 Å². The van der Waals surface area contributed by atoms with Crippen molar-refractivity contribution in [3.8, 4) is 5.75 Å². The van der Waals surface area contributed by atoms with Gasteiger partial charge in [0.05, 0.1) is 12.1 Å². The fourth-order valence-electron chi connectivity index (χ4n) is 2.54. The molecule has 5 nitrogen and oxygen atoms in total. The highest BCUT2D eigenvalue weighted by Gasteiger charge is 2.22. The normalized spacial score (nSPS) is 13.3. The minimum Gasteiger partial charge on any atom is -0.482 e. The van der Waals surface area contributed by atoms with Crippen molar-refractivity contribution in [1.29, 1.82) is 0 Å². The van der Waals surface area contributed by atoms with Gasteiger partial charge in [0.1, 0.15) is 5.75 Å². The number of nitrogens with one attached hydrogen (secondary N) is 1. The molecule has 0 radical (unpaired) electrons. The van der Waals surface area contributed by atoms with Crippen molar-refractivity contribution in [3.05, 3.63) is 52.5 Å². The number of amides is 2. The lowest BCUT2D eigenvalue weighted by molar-refractivity contribution is -0.121. The molecule has 2 aromatic rings. The number of benzene rings is 2. The smallest absolute Gasteiger partial charge is 0.264 e. The highest BCUT2D eigenvalue weighted by molar-refractivity contribution is 6.31. The predicted octanol–water partition coefficient (Wildman–Crippen LogP) is 3.18. The summed E-state index contributed by atoms with van der Waals surface area (Å²) in [4.78, 5) is 25.5. The van der Waals surface area contributed by atoms with E-state index in [1.807, 2.05) is 19.1 Å². The molecular weight excluding hydrogens is 328 g/mol. The lowest BCUT2D eigenvalue weighted by Crippen LogP contribution is -2.35. The van der Waals surface area contributed by atoms with Gasteiger partial charge in [0, 0.05) is 17.8 Å². The lowest BCUT2D eigenvalue weighted by atomic mass is 10.1. The van der Waals surface area contributed by atoms with E-state index in [2.05, 4.69) is 5.32 Å². The molecule has 0 aliphatic carbocycles. The van der Waals surface area contributed by atoms with E-state index in [4.69, 9.17) is 16.3 Å². The first-order valence-corrected chi connectivity index (χ1v) is 7.90. The largest absolute Gasteiger partial charge is 0.482 e. The summed E-state index contributed by atoms with van der Waals surface area (Å²) in [6.07, 6.45) is 0.196. The Hall–Kier alpha value is -2.53. The van der Waals surface area contributed by atoms with Crippen LogP contribution in [0.3, 0.4) is 0 Å². The molecule has 6 heteroatoms. The molecule has 0 aromatic heterocycles. The van der Waals surface area contributed by atoms with Crippen molar-refractivity contribution in [2.24, 2.45) is 0 Å².